The number of nitrogens with zero attached hydrogens (tertiary/aromatic N) is 3. The molecule has 2 heterocycles. The topological polar surface area (TPSA) is 117 Å². The van der Waals surface area contributed by atoms with E-state index in [1.54, 1.807) is 36.4 Å². The van der Waals surface area contributed by atoms with Gasteiger partial charge < -0.3 is 11.1 Å². The lowest BCUT2D eigenvalue weighted by atomic mass is 10.0. The highest BCUT2D eigenvalue weighted by Crippen LogP contribution is 2.38. The van der Waals surface area contributed by atoms with Crippen molar-refractivity contribution < 1.29 is 8.42 Å². The summed E-state index contributed by atoms with van der Waals surface area (Å²) < 4.78 is 25.6. The van der Waals surface area contributed by atoms with E-state index in [-0.39, 0.29) is 11.7 Å². The highest BCUT2D eigenvalue weighted by molar-refractivity contribution is 7.93. The number of H-pyrrole nitrogens is 1. The van der Waals surface area contributed by atoms with E-state index in [0.29, 0.717) is 45.9 Å². The van der Waals surface area contributed by atoms with Crippen LogP contribution >= 0.6 is 23.2 Å². The van der Waals surface area contributed by atoms with Crippen molar-refractivity contribution in [1.29, 1.82) is 0 Å². The van der Waals surface area contributed by atoms with E-state index < -0.39 is 10.0 Å². The van der Waals surface area contributed by atoms with E-state index in [9.17, 15) is 8.42 Å². The van der Waals surface area contributed by atoms with Crippen LogP contribution in [0.1, 0.15) is 6.42 Å². The van der Waals surface area contributed by atoms with Crippen LogP contribution in [0.25, 0.3) is 11.1 Å². The van der Waals surface area contributed by atoms with Gasteiger partial charge in [0, 0.05) is 17.8 Å². The fourth-order valence-corrected chi connectivity index (χ4v) is 5.37. The number of benzene rings is 2. The SMILES string of the molecule is Nc1nc(Nc2cc(Cl)c(-c3ccc(N4CCCS4(=O)=O)cc3)c(Cl)c2)n[nH]1. The molecule has 1 aromatic heterocycles. The second kappa shape index (κ2) is 7.16. The minimum Gasteiger partial charge on any atom is -0.368 e. The first-order chi connectivity index (χ1) is 13.3. The number of rotatable bonds is 4. The van der Waals surface area contributed by atoms with Gasteiger partial charge in [0.1, 0.15) is 0 Å². The Balaban J connectivity index is 1.62. The monoisotopic (exact) mass is 438 g/mol. The Bertz CT molecular complexity index is 1110. The molecule has 28 heavy (non-hydrogen) atoms. The lowest BCUT2D eigenvalue weighted by Crippen LogP contribution is -2.24. The number of nitrogen functional groups attached to an aromatic ring is 1. The van der Waals surface area contributed by atoms with Crippen molar-refractivity contribution in [2.75, 3.05) is 27.7 Å². The van der Waals surface area contributed by atoms with Gasteiger partial charge >= 0.3 is 0 Å². The fraction of sp³-hybridized carbons (Fsp3) is 0.176. The first-order valence-electron chi connectivity index (χ1n) is 8.38. The maximum absolute atomic E-state index is 12.1. The molecule has 0 atom stereocenters. The van der Waals surface area contributed by atoms with E-state index in [0.717, 1.165) is 5.56 Å². The third-order valence-corrected chi connectivity index (χ3v) is 6.81. The predicted molar refractivity (Wildman–Crippen MR) is 112 cm³/mol. The molecule has 0 spiro atoms. The van der Waals surface area contributed by atoms with E-state index in [2.05, 4.69) is 20.5 Å². The first-order valence-corrected chi connectivity index (χ1v) is 10.7. The average Bonchev–Trinajstić information content (AvgIpc) is 3.19. The summed E-state index contributed by atoms with van der Waals surface area (Å²) >= 11 is 12.9. The molecule has 4 rings (SSSR count). The number of nitrogens with two attached hydrogens (primary N) is 1. The minimum atomic E-state index is -3.22. The molecular formula is C17H16Cl2N6O2S. The number of anilines is 4. The predicted octanol–water partition coefficient (Wildman–Crippen LogP) is 3.64. The van der Waals surface area contributed by atoms with Gasteiger partial charge in [-0.25, -0.2) is 13.5 Å². The molecule has 4 N–H and O–H groups in total. The maximum Gasteiger partial charge on any atom is 0.248 e. The summed E-state index contributed by atoms with van der Waals surface area (Å²) in [4.78, 5) is 3.97. The van der Waals surface area contributed by atoms with Gasteiger partial charge in [-0.15, -0.1) is 5.10 Å². The molecule has 0 radical (unpaired) electrons. The Kier molecular flexibility index (Phi) is 4.82. The summed E-state index contributed by atoms with van der Waals surface area (Å²) in [5.41, 5.74) is 8.18. The second-order valence-electron chi connectivity index (χ2n) is 6.27. The zero-order valence-corrected chi connectivity index (χ0v) is 16.8. The highest BCUT2D eigenvalue weighted by Gasteiger charge is 2.28. The molecule has 1 saturated heterocycles. The van der Waals surface area contributed by atoms with Crippen molar-refractivity contribution in [3.63, 3.8) is 0 Å². The lowest BCUT2D eigenvalue weighted by molar-refractivity contribution is 0.599. The molecule has 0 unspecified atom stereocenters. The van der Waals surface area contributed by atoms with Gasteiger partial charge in [0.05, 0.1) is 21.5 Å². The molecule has 1 aliphatic heterocycles. The van der Waals surface area contributed by atoms with E-state index in [1.807, 2.05) is 0 Å². The standard InChI is InChI=1S/C17H16Cl2N6O2S/c18-13-8-11(21-17-22-16(20)23-24-17)9-14(19)15(13)10-2-4-12(5-3-10)25-6-1-7-28(25,26)27/h2-5,8-9H,1,6-7H2,(H4,20,21,22,23,24). The van der Waals surface area contributed by atoms with Crippen molar-refractivity contribution in [2.45, 2.75) is 6.42 Å². The van der Waals surface area contributed by atoms with Crippen LogP contribution < -0.4 is 15.4 Å². The summed E-state index contributed by atoms with van der Waals surface area (Å²) in [7, 11) is -3.22. The molecule has 0 aliphatic carbocycles. The van der Waals surface area contributed by atoms with Gasteiger partial charge in [-0.2, -0.15) is 4.98 Å². The van der Waals surface area contributed by atoms with Crippen molar-refractivity contribution in [2.24, 2.45) is 0 Å². The maximum atomic E-state index is 12.1. The van der Waals surface area contributed by atoms with Crippen LogP contribution in [0.5, 0.6) is 0 Å². The number of halogens is 2. The third-order valence-electron chi connectivity index (χ3n) is 4.34. The smallest absolute Gasteiger partial charge is 0.248 e. The molecule has 2 aromatic carbocycles. The first kappa shape index (κ1) is 18.9. The second-order valence-corrected chi connectivity index (χ2v) is 9.10. The molecule has 8 nitrogen and oxygen atoms in total. The molecule has 0 saturated carbocycles. The lowest BCUT2D eigenvalue weighted by Gasteiger charge is -2.17. The van der Waals surface area contributed by atoms with Crippen LogP contribution in [0.15, 0.2) is 36.4 Å². The van der Waals surface area contributed by atoms with Crippen LogP contribution in [0.4, 0.5) is 23.3 Å². The van der Waals surface area contributed by atoms with Crippen LogP contribution in [-0.2, 0) is 10.0 Å². The van der Waals surface area contributed by atoms with Crippen LogP contribution in [0, 0.1) is 0 Å². The number of hydrogen-bond donors (Lipinski definition) is 3. The number of hydrogen-bond acceptors (Lipinski definition) is 6. The minimum absolute atomic E-state index is 0.178. The molecular weight excluding hydrogens is 423 g/mol. The Morgan fingerprint density at radius 3 is 2.36 bits per heavy atom. The molecule has 1 fully saturated rings. The van der Waals surface area contributed by atoms with E-state index in [1.165, 1.54) is 4.31 Å². The summed E-state index contributed by atoms with van der Waals surface area (Å²) in [5.74, 6) is 0.669. The summed E-state index contributed by atoms with van der Waals surface area (Å²) in [6, 6.07) is 10.5. The van der Waals surface area contributed by atoms with E-state index >= 15 is 0 Å². The Hall–Kier alpha value is -2.49. The van der Waals surface area contributed by atoms with E-state index in [4.69, 9.17) is 28.9 Å². The number of aromatic amines is 1. The van der Waals surface area contributed by atoms with Gasteiger partial charge in [-0.3, -0.25) is 4.31 Å². The van der Waals surface area contributed by atoms with Crippen molar-refractivity contribution in [3.05, 3.63) is 46.4 Å². The van der Waals surface area contributed by atoms with Gasteiger partial charge in [0.15, 0.2) is 0 Å². The van der Waals surface area contributed by atoms with Crippen LogP contribution in [0.2, 0.25) is 10.0 Å². The highest BCUT2D eigenvalue weighted by atomic mass is 35.5. The van der Waals surface area contributed by atoms with Gasteiger partial charge in [0.25, 0.3) is 0 Å². The zero-order valence-electron chi connectivity index (χ0n) is 14.5. The Labute approximate surface area is 171 Å². The Morgan fingerprint density at radius 1 is 1.14 bits per heavy atom. The molecule has 3 aromatic rings. The Morgan fingerprint density at radius 2 is 1.82 bits per heavy atom. The quantitative estimate of drug-likeness (QED) is 0.572. The molecule has 1 aliphatic rings. The number of aromatic nitrogens is 3. The summed E-state index contributed by atoms with van der Waals surface area (Å²) in [6.07, 6.45) is 0.632. The average molecular weight is 439 g/mol. The molecule has 146 valence electrons. The summed E-state index contributed by atoms with van der Waals surface area (Å²) in [6.45, 7) is 0.495. The molecule has 0 amide bonds. The zero-order chi connectivity index (χ0) is 19.9. The van der Waals surface area contributed by atoms with Crippen molar-refractivity contribution in [3.8, 4) is 11.1 Å². The van der Waals surface area contributed by atoms with Gasteiger partial charge in [-0.1, -0.05) is 35.3 Å². The molecule has 11 heteroatoms. The fourth-order valence-electron chi connectivity index (χ4n) is 3.10. The summed E-state index contributed by atoms with van der Waals surface area (Å²) in [5, 5.41) is 10.3. The number of sulfonamides is 1. The van der Waals surface area contributed by atoms with Crippen molar-refractivity contribution >= 4 is 56.5 Å². The normalized spacial score (nSPS) is 15.7. The van der Waals surface area contributed by atoms with Crippen LogP contribution in [0.3, 0.4) is 0 Å². The van der Waals surface area contributed by atoms with Gasteiger partial charge in [-0.05, 0) is 36.2 Å². The third kappa shape index (κ3) is 3.60. The van der Waals surface area contributed by atoms with Crippen molar-refractivity contribution in [1.82, 2.24) is 15.2 Å². The largest absolute Gasteiger partial charge is 0.368 e. The van der Waals surface area contributed by atoms with Gasteiger partial charge in [0.2, 0.25) is 21.9 Å². The molecule has 0 bridgehead atoms. The number of nitrogens with one attached hydrogen (secondary N) is 2. The van der Waals surface area contributed by atoms with Crippen LogP contribution in [-0.4, -0.2) is 35.9 Å².